The zero-order chi connectivity index (χ0) is 16.0. The smallest absolute Gasteiger partial charge is 0.303 e. The summed E-state index contributed by atoms with van der Waals surface area (Å²) >= 11 is 0. The molecule has 1 saturated carbocycles. The first kappa shape index (κ1) is 19.5. The Labute approximate surface area is 138 Å². The molecule has 2 nitrogen and oxygen atoms in total. The van der Waals surface area contributed by atoms with Crippen LogP contribution in [-0.2, 0) is 4.79 Å². The van der Waals surface area contributed by atoms with Gasteiger partial charge in [0.05, 0.1) is 0 Å². The van der Waals surface area contributed by atoms with E-state index in [2.05, 4.69) is 6.92 Å². The monoisotopic (exact) mass is 310 g/mol. The summed E-state index contributed by atoms with van der Waals surface area (Å²) in [6.45, 7) is 2.28. The lowest BCUT2D eigenvalue weighted by Gasteiger charge is -2.37. The molecule has 1 unspecified atom stereocenters. The van der Waals surface area contributed by atoms with Crippen molar-refractivity contribution in [3.63, 3.8) is 0 Å². The molecule has 1 fully saturated rings. The molecule has 1 aliphatic carbocycles. The summed E-state index contributed by atoms with van der Waals surface area (Å²) in [5, 5.41) is 8.59. The van der Waals surface area contributed by atoms with E-state index < -0.39 is 5.97 Å². The Bertz CT molecular complexity index is 275. The van der Waals surface area contributed by atoms with Crippen LogP contribution in [0.25, 0.3) is 0 Å². The van der Waals surface area contributed by atoms with Crippen molar-refractivity contribution >= 4 is 5.97 Å². The predicted octanol–water partition coefficient (Wildman–Crippen LogP) is 6.58. The number of carbonyl (C=O) groups is 1. The minimum absolute atomic E-state index is 0.350. The third-order valence-electron chi connectivity index (χ3n) is 5.47. The Balaban J connectivity index is 1.86. The van der Waals surface area contributed by atoms with Gasteiger partial charge in [0.2, 0.25) is 0 Å². The van der Waals surface area contributed by atoms with E-state index in [-0.39, 0.29) is 0 Å². The molecule has 0 aromatic carbocycles. The summed E-state index contributed by atoms with van der Waals surface area (Å²) < 4.78 is 0. The fraction of sp³-hybridized carbons (Fsp3) is 0.950. The minimum atomic E-state index is -0.646. The van der Waals surface area contributed by atoms with Crippen LogP contribution in [0.3, 0.4) is 0 Å². The third kappa shape index (κ3) is 9.48. The number of hydrogen-bond donors (Lipinski definition) is 1. The number of rotatable bonds is 15. The molecule has 22 heavy (non-hydrogen) atoms. The molecule has 0 aromatic heterocycles. The van der Waals surface area contributed by atoms with Crippen LogP contribution in [0.4, 0.5) is 0 Å². The van der Waals surface area contributed by atoms with E-state index >= 15 is 0 Å². The van der Waals surface area contributed by atoms with Crippen molar-refractivity contribution in [2.75, 3.05) is 0 Å². The van der Waals surface area contributed by atoms with Gasteiger partial charge >= 0.3 is 5.97 Å². The maximum absolute atomic E-state index is 10.4. The average molecular weight is 311 g/mol. The highest BCUT2D eigenvalue weighted by Crippen LogP contribution is 2.41. The molecule has 0 radical (unpaired) electrons. The molecular weight excluding hydrogens is 272 g/mol. The Morgan fingerprint density at radius 1 is 0.773 bits per heavy atom. The first-order valence-corrected chi connectivity index (χ1v) is 9.95. The number of carboxylic acids is 1. The van der Waals surface area contributed by atoms with Gasteiger partial charge in [0.1, 0.15) is 0 Å². The fourth-order valence-electron chi connectivity index (χ4n) is 3.80. The van der Waals surface area contributed by atoms with Gasteiger partial charge in [0.25, 0.3) is 0 Å². The van der Waals surface area contributed by atoms with Crippen LogP contribution in [0, 0.1) is 11.8 Å². The van der Waals surface area contributed by atoms with Gasteiger partial charge in [-0.15, -0.1) is 0 Å². The van der Waals surface area contributed by atoms with Crippen LogP contribution in [0.2, 0.25) is 0 Å². The van der Waals surface area contributed by atoms with Gasteiger partial charge in [-0.1, -0.05) is 84.0 Å². The predicted molar refractivity (Wildman–Crippen MR) is 94.2 cm³/mol. The second kappa shape index (κ2) is 13.0. The van der Waals surface area contributed by atoms with Gasteiger partial charge in [-0.3, -0.25) is 4.79 Å². The molecule has 0 heterocycles. The normalized spacial score (nSPS) is 20.8. The van der Waals surface area contributed by atoms with Crippen molar-refractivity contribution in [3.8, 4) is 0 Å². The molecule has 1 rings (SSSR count). The molecule has 1 aliphatic rings. The van der Waals surface area contributed by atoms with E-state index in [1.165, 1.54) is 83.5 Å². The standard InChI is InChI=1S/C20H38O2/c1-2-3-4-5-7-10-13-18-16-17-19(18)14-11-8-6-9-12-15-20(21)22/h18-19H,2-17H2,1H3,(H,21,22)/t18?,19-/m0/s1. The van der Waals surface area contributed by atoms with E-state index in [1.54, 1.807) is 0 Å². The van der Waals surface area contributed by atoms with Crippen LogP contribution < -0.4 is 0 Å². The van der Waals surface area contributed by atoms with Crippen LogP contribution in [0.1, 0.15) is 110 Å². The molecule has 0 amide bonds. The lowest BCUT2D eigenvalue weighted by atomic mass is 9.69. The molecule has 130 valence electrons. The van der Waals surface area contributed by atoms with Crippen molar-refractivity contribution in [2.24, 2.45) is 11.8 Å². The topological polar surface area (TPSA) is 37.3 Å². The van der Waals surface area contributed by atoms with Crippen LogP contribution in [-0.4, -0.2) is 11.1 Å². The summed E-state index contributed by atoms with van der Waals surface area (Å²) in [6, 6.07) is 0. The second-order valence-corrected chi connectivity index (χ2v) is 7.35. The SMILES string of the molecule is CCCCCCCCC1CC[C@@H]1CCCCCCCC(=O)O. The second-order valence-electron chi connectivity index (χ2n) is 7.35. The van der Waals surface area contributed by atoms with Gasteiger partial charge in [-0.25, -0.2) is 0 Å². The molecule has 0 aliphatic heterocycles. The first-order valence-electron chi connectivity index (χ1n) is 9.95. The first-order chi connectivity index (χ1) is 10.7. The highest BCUT2D eigenvalue weighted by atomic mass is 16.4. The summed E-state index contributed by atoms with van der Waals surface area (Å²) in [4.78, 5) is 10.4. The molecule has 2 heteroatoms. The number of carboxylic acid groups (broad SMARTS) is 1. The van der Waals surface area contributed by atoms with Crippen molar-refractivity contribution in [1.82, 2.24) is 0 Å². The zero-order valence-corrected chi connectivity index (χ0v) is 14.8. The maximum Gasteiger partial charge on any atom is 0.303 e. The van der Waals surface area contributed by atoms with Gasteiger partial charge in [-0.05, 0) is 31.1 Å². The van der Waals surface area contributed by atoms with Gasteiger partial charge in [0.15, 0.2) is 0 Å². The molecule has 0 aromatic rings. The van der Waals surface area contributed by atoms with E-state index in [1.807, 2.05) is 0 Å². The van der Waals surface area contributed by atoms with E-state index in [4.69, 9.17) is 5.11 Å². The van der Waals surface area contributed by atoms with Crippen LogP contribution in [0.5, 0.6) is 0 Å². The number of aliphatic carboxylic acids is 1. The van der Waals surface area contributed by atoms with Crippen molar-refractivity contribution < 1.29 is 9.90 Å². The lowest BCUT2D eigenvalue weighted by Crippen LogP contribution is -2.25. The van der Waals surface area contributed by atoms with E-state index in [0.29, 0.717) is 6.42 Å². The molecule has 2 atom stereocenters. The molecule has 0 saturated heterocycles. The average Bonchev–Trinajstić information content (AvgIpc) is 2.47. The minimum Gasteiger partial charge on any atom is -0.481 e. The number of unbranched alkanes of at least 4 members (excludes halogenated alkanes) is 9. The van der Waals surface area contributed by atoms with Crippen molar-refractivity contribution in [2.45, 2.75) is 110 Å². The Morgan fingerprint density at radius 3 is 1.68 bits per heavy atom. The van der Waals surface area contributed by atoms with Crippen molar-refractivity contribution in [3.05, 3.63) is 0 Å². The number of hydrogen-bond acceptors (Lipinski definition) is 1. The highest BCUT2D eigenvalue weighted by Gasteiger charge is 2.29. The quantitative estimate of drug-likeness (QED) is 0.347. The largest absolute Gasteiger partial charge is 0.481 e. The Morgan fingerprint density at radius 2 is 1.23 bits per heavy atom. The van der Waals surface area contributed by atoms with Crippen molar-refractivity contribution in [1.29, 1.82) is 0 Å². The highest BCUT2D eigenvalue weighted by molar-refractivity contribution is 5.66. The van der Waals surface area contributed by atoms with Gasteiger partial charge in [0, 0.05) is 6.42 Å². The van der Waals surface area contributed by atoms with Gasteiger partial charge < -0.3 is 5.11 Å². The Kier molecular flexibility index (Phi) is 11.5. The summed E-state index contributed by atoms with van der Waals surface area (Å²) in [6.07, 6.45) is 20.6. The molecule has 0 bridgehead atoms. The fourth-order valence-corrected chi connectivity index (χ4v) is 3.80. The van der Waals surface area contributed by atoms with Crippen LogP contribution >= 0.6 is 0 Å². The Hall–Kier alpha value is -0.530. The molecule has 0 spiro atoms. The third-order valence-corrected chi connectivity index (χ3v) is 5.47. The summed E-state index contributed by atoms with van der Waals surface area (Å²) in [5.41, 5.74) is 0. The molecular formula is C20H38O2. The zero-order valence-electron chi connectivity index (χ0n) is 14.8. The summed E-state index contributed by atoms with van der Waals surface area (Å²) in [5.74, 6) is 1.42. The van der Waals surface area contributed by atoms with Gasteiger partial charge in [-0.2, -0.15) is 0 Å². The lowest BCUT2D eigenvalue weighted by molar-refractivity contribution is -0.137. The van der Waals surface area contributed by atoms with Crippen LogP contribution in [0.15, 0.2) is 0 Å². The van der Waals surface area contributed by atoms with E-state index in [9.17, 15) is 4.79 Å². The maximum atomic E-state index is 10.4. The summed E-state index contributed by atoms with van der Waals surface area (Å²) in [7, 11) is 0. The molecule has 1 N–H and O–H groups in total. The van der Waals surface area contributed by atoms with E-state index in [0.717, 1.165) is 24.7 Å².